The van der Waals surface area contributed by atoms with Crippen LogP contribution >= 0.6 is 0 Å². The van der Waals surface area contributed by atoms with Crippen LogP contribution in [0.5, 0.6) is 0 Å². The lowest BCUT2D eigenvalue weighted by Gasteiger charge is -2.10. The van der Waals surface area contributed by atoms with E-state index in [1.54, 1.807) is 0 Å². The Balaban J connectivity index is 1.20. The van der Waals surface area contributed by atoms with Crippen molar-refractivity contribution in [1.82, 2.24) is 9.55 Å². The minimum atomic E-state index is 1.00. The van der Waals surface area contributed by atoms with Crippen molar-refractivity contribution in [1.29, 1.82) is 0 Å². The molecule has 2 heterocycles. The first kappa shape index (κ1) is 22.4. The van der Waals surface area contributed by atoms with Gasteiger partial charge in [-0.1, -0.05) is 97.1 Å². The van der Waals surface area contributed by atoms with Crippen molar-refractivity contribution in [2.45, 2.75) is 0 Å². The molecule has 0 unspecified atom stereocenters. The zero-order valence-corrected chi connectivity index (χ0v) is 22.3. The van der Waals surface area contributed by atoms with Crippen molar-refractivity contribution < 1.29 is 0 Å². The van der Waals surface area contributed by atoms with Gasteiger partial charge in [-0.25, -0.2) is 4.98 Å². The number of hydrogen-bond acceptors (Lipinski definition) is 1. The molecule has 0 bridgehead atoms. The zero-order chi connectivity index (χ0) is 26.9. The van der Waals surface area contributed by atoms with Crippen LogP contribution in [-0.2, 0) is 0 Å². The third-order valence-corrected chi connectivity index (χ3v) is 8.52. The highest BCUT2D eigenvalue weighted by Gasteiger charge is 2.22. The van der Waals surface area contributed by atoms with Crippen LogP contribution in [0.2, 0.25) is 0 Å². The predicted molar refractivity (Wildman–Crippen MR) is 171 cm³/mol. The van der Waals surface area contributed by atoms with Gasteiger partial charge in [-0.2, -0.15) is 0 Å². The van der Waals surface area contributed by atoms with Gasteiger partial charge in [0.1, 0.15) is 0 Å². The fourth-order valence-electron chi connectivity index (χ4n) is 6.69. The first-order valence-electron chi connectivity index (χ1n) is 14.1. The molecule has 1 aliphatic rings. The molecule has 8 aromatic rings. The lowest BCUT2D eigenvalue weighted by molar-refractivity contribution is 1.18. The summed E-state index contributed by atoms with van der Waals surface area (Å²) in [4.78, 5) is 5.15. The summed E-state index contributed by atoms with van der Waals surface area (Å²) in [6, 6.07) is 52.4. The van der Waals surface area contributed by atoms with Gasteiger partial charge in [0.25, 0.3) is 0 Å². The Morgan fingerprint density at radius 1 is 0.415 bits per heavy atom. The van der Waals surface area contributed by atoms with E-state index in [1.807, 2.05) is 0 Å². The molecule has 6 aromatic carbocycles. The highest BCUT2D eigenvalue weighted by molar-refractivity contribution is 6.15. The third kappa shape index (κ3) is 3.28. The van der Waals surface area contributed by atoms with E-state index < -0.39 is 0 Å². The standard InChI is InChI=1S/C39H24N2/c1-2-12-28(13-3-1)41-37-19-7-6-16-31(37)33-23-26(20-21-38(33)41)25-10-8-11-27(22-25)36-24-34-30-15-5-4-14-29(30)32-17-9-18-35(40-36)39(32)34/h1-24H. The number of hydrogen-bond donors (Lipinski definition) is 0. The summed E-state index contributed by atoms with van der Waals surface area (Å²) < 4.78 is 2.36. The van der Waals surface area contributed by atoms with Crippen molar-refractivity contribution >= 4 is 32.7 Å². The Labute approximate surface area is 237 Å². The van der Waals surface area contributed by atoms with E-state index in [2.05, 4.69) is 150 Å². The normalized spacial score (nSPS) is 11.9. The average Bonchev–Trinajstić information content (AvgIpc) is 3.55. The van der Waals surface area contributed by atoms with E-state index in [9.17, 15) is 0 Å². The van der Waals surface area contributed by atoms with Crippen molar-refractivity contribution in [3.8, 4) is 50.3 Å². The van der Waals surface area contributed by atoms with E-state index in [0.29, 0.717) is 0 Å². The summed E-state index contributed by atoms with van der Waals surface area (Å²) in [6.07, 6.45) is 0. The fourth-order valence-corrected chi connectivity index (χ4v) is 6.69. The van der Waals surface area contributed by atoms with Crippen LogP contribution in [-0.4, -0.2) is 9.55 Å². The average molecular weight is 521 g/mol. The van der Waals surface area contributed by atoms with Crippen LogP contribution < -0.4 is 0 Å². The molecule has 41 heavy (non-hydrogen) atoms. The molecule has 0 amide bonds. The molecule has 0 spiro atoms. The monoisotopic (exact) mass is 520 g/mol. The van der Waals surface area contributed by atoms with Gasteiger partial charge in [0.2, 0.25) is 0 Å². The molecular weight excluding hydrogens is 496 g/mol. The summed E-state index contributed by atoms with van der Waals surface area (Å²) in [5.41, 5.74) is 14.3. The van der Waals surface area contributed by atoms with Crippen LogP contribution in [0.4, 0.5) is 0 Å². The van der Waals surface area contributed by atoms with E-state index in [4.69, 9.17) is 4.98 Å². The smallest absolute Gasteiger partial charge is 0.0722 e. The maximum absolute atomic E-state index is 5.15. The van der Waals surface area contributed by atoms with Crippen LogP contribution in [0.25, 0.3) is 83.0 Å². The quantitative estimate of drug-likeness (QED) is 0.227. The van der Waals surface area contributed by atoms with Crippen molar-refractivity contribution in [3.05, 3.63) is 146 Å². The van der Waals surface area contributed by atoms with Gasteiger partial charge in [0, 0.05) is 27.4 Å². The molecule has 0 atom stereocenters. The first-order chi connectivity index (χ1) is 20.3. The second kappa shape index (κ2) is 8.51. The van der Waals surface area contributed by atoms with Gasteiger partial charge < -0.3 is 4.57 Å². The topological polar surface area (TPSA) is 17.8 Å². The summed E-state index contributed by atoms with van der Waals surface area (Å²) in [7, 11) is 0. The van der Waals surface area contributed by atoms with Crippen LogP contribution in [0.3, 0.4) is 0 Å². The molecule has 2 aromatic heterocycles. The highest BCUT2D eigenvalue weighted by atomic mass is 15.0. The molecule has 0 fully saturated rings. The minimum Gasteiger partial charge on any atom is -0.309 e. The molecule has 2 heteroatoms. The Morgan fingerprint density at radius 3 is 2.00 bits per heavy atom. The Hall–Kier alpha value is -5.47. The fraction of sp³-hybridized carbons (Fsp3) is 0. The molecule has 190 valence electrons. The molecule has 0 saturated carbocycles. The second-order valence-corrected chi connectivity index (χ2v) is 10.8. The maximum atomic E-state index is 5.15. The Kier molecular flexibility index (Phi) is 4.64. The minimum absolute atomic E-state index is 1.00. The number of nitrogens with zero attached hydrogens (tertiary/aromatic N) is 2. The molecule has 9 rings (SSSR count). The lowest BCUT2D eigenvalue weighted by atomic mass is 9.98. The van der Waals surface area contributed by atoms with E-state index in [1.165, 1.54) is 66.3 Å². The Morgan fingerprint density at radius 2 is 1.10 bits per heavy atom. The largest absolute Gasteiger partial charge is 0.309 e. The van der Waals surface area contributed by atoms with Gasteiger partial charge in [-0.15, -0.1) is 0 Å². The van der Waals surface area contributed by atoms with E-state index in [0.717, 1.165) is 16.8 Å². The van der Waals surface area contributed by atoms with Crippen LogP contribution in [0.15, 0.2) is 146 Å². The highest BCUT2D eigenvalue weighted by Crippen LogP contribution is 2.47. The summed E-state index contributed by atoms with van der Waals surface area (Å²) >= 11 is 0. The molecule has 0 radical (unpaired) electrons. The van der Waals surface area contributed by atoms with E-state index in [-0.39, 0.29) is 0 Å². The van der Waals surface area contributed by atoms with Crippen LogP contribution in [0.1, 0.15) is 0 Å². The number of para-hydroxylation sites is 2. The molecule has 0 aliphatic heterocycles. The van der Waals surface area contributed by atoms with Gasteiger partial charge >= 0.3 is 0 Å². The molecular formula is C39H24N2. The third-order valence-electron chi connectivity index (χ3n) is 8.52. The lowest BCUT2D eigenvalue weighted by Crippen LogP contribution is -1.92. The van der Waals surface area contributed by atoms with Crippen molar-refractivity contribution in [2.24, 2.45) is 0 Å². The molecule has 0 N–H and O–H groups in total. The molecule has 2 nitrogen and oxygen atoms in total. The number of benzene rings is 6. The molecule has 1 aliphatic carbocycles. The SMILES string of the molecule is c1ccc(-n2c3ccccc3c3cc(-c4cccc(-c5cc6c7c(cccc7n5)-c5ccccc5-6)c4)ccc32)cc1. The maximum Gasteiger partial charge on any atom is 0.0722 e. The number of aromatic nitrogens is 2. The van der Waals surface area contributed by atoms with Gasteiger partial charge in [0.05, 0.1) is 22.2 Å². The Bertz CT molecular complexity index is 2310. The van der Waals surface area contributed by atoms with Crippen molar-refractivity contribution in [2.75, 3.05) is 0 Å². The van der Waals surface area contributed by atoms with E-state index >= 15 is 0 Å². The van der Waals surface area contributed by atoms with Gasteiger partial charge in [0.15, 0.2) is 0 Å². The summed E-state index contributed by atoms with van der Waals surface area (Å²) in [5.74, 6) is 0. The molecule has 0 saturated heterocycles. The van der Waals surface area contributed by atoms with Gasteiger partial charge in [-0.05, 0) is 81.9 Å². The van der Waals surface area contributed by atoms with Crippen molar-refractivity contribution in [3.63, 3.8) is 0 Å². The van der Waals surface area contributed by atoms with Gasteiger partial charge in [-0.3, -0.25) is 0 Å². The zero-order valence-electron chi connectivity index (χ0n) is 22.3. The number of rotatable bonds is 3. The number of fused-ring (bicyclic) bond motifs is 6. The number of pyridine rings is 1. The first-order valence-corrected chi connectivity index (χ1v) is 14.1. The predicted octanol–water partition coefficient (Wildman–Crippen LogP) is 10.3. The summed E-state index contributed by atoms with van der Waals surface area (Å²) in [6.45, 7) is 0. The summed E-state index contributed by atoms with van der Waals surface area (Å²) in [5, 5.41) is 3.78. The second-order valence-electron chi connectivity index (χ2n) is 10.8. The van der Waals surface area contributed by atoms with Crippen LogP contribution in [0, 0.1) is 0 Å².